The standard InChI is InChI=1S/C16H12F2N2O2S2/c1-23-16-20-11-7-6-9(8-13(11)24-16)19-14(21)10-4-2-3-5-12(10)22-15(17)18/h2-8,15H,1H3,(H,19,21). The van der Waals surface area contributed by atoms with E-state index in [1.807, 2.05) is 12.3 Å². The molecule has 0 bridgehead atoms. The van der Waals surface area contributed by atoms with Crippen LogP contribution in [0.5, 0.6) is 5.75 Å². The molecule has 0 spiro atoms. The van der Waals surface area contributed by atoms with Gasteiger partial charge in [-0.15, -0.1) is 11.3 Å². The minimum Gasteiger partial charge on any atom is -0.434 e. The number of rotatable bonds is 5. The number of aromatic nitrogens is 1. The highest BCUT2D eigenvalue weighted by molar-refractivity contribution is 8.00. The molecule has 1 amide bonds. The molecule has 3 aromatic rings. The molecule has 1 aromatic heterocycles. The van der Waals surface area contributed by atoms with E-state index in [1.54, 1.807) is 30.0 Å². The summed E-state index contributed by atoms with van der Waals surface area (Å²) < 4.78 is 31.1. The number of thioether (sulfide) groups is 1. The van der Waals surface area contributed by atoms with E-state index in [4.69, 9.17) is 0 Å². The Morgan fingerprint density at radius 2 is 2.08 bits per heavy atom. The zero-order valence-corrected chi connectivity index (χ0v) is 14.1. The summed E-state index contributed by atoms with van der Waals surface area (Å²) in [6, 6.07) is 11.2. The van der Waals surface area contributed by atoms with Crippen LogP contribution >= 0.6 is 23.1 Å². The van der Waals surface area contributed by atoms with Crippen molar-refractivity contribution in [3.8, 4) is 5.75 Å². The highest BCUT2D eigenvalue weighted by Gasteiger charge is 2.15. The molecule has 4 nitrogen and oxygen atoms in total. The van der Waals surface area contributed by atoms with Crippen LogP contribution in [0.3, 0.4) is 0 Å². The number of halogens is 2. The largest absolute Gasteiger partial charge is 0.434 e. The van der Waals surface area contributed by atoms with Crippen LogP contribution < -0.4 is 10.1 Å². The van der Waals surface area contributed by atoms with E-state index < -0.39 is 12.5 Å². The molecule has 0 saturated heterocycles. The third-order valence-corrected chi connectivity index (χ3v) is 5.15. The minimum absolute atomic E-state index is 0.0482. The monoisotopic (exact) mass is 366 g/mol. The molecular formula is C16H12F2N2O2S2. The van der Waals surface area contributed by atoms with E-state index >= 15 is 0 Å². The summed E-state index contributed by atoms with van der Waals surface area (Å²) >= 11 is 3.07. The van der Waals surface area contributed by atoms with Crippen LogP contribution in [0.25, 0.3) is 10.2 Å². The van der Waals surface area contributed by atoms with Gasteiger partial charge in [-0.3, -0.25) is 4.79 Å². The Bertz CT molecular complexity index is 883. The topological polar surface area (TPSA) is 51.2 Å². The van der Waals surface area contributed by atoms with E-state index in [0.29, 0.717) is 5.69 Å². The molecule has 0 saturated carbocycles. The van der Waals surface area contributed by atoms with Crippen LogP contribution in [0.4, 0.5) is 14.5 Å². The molecule has 8 heteroatoms. The lowest BCUT2D eigenvalue weighted by atomic mass is 10.2. The van der Waals surface area contributed by atoms with Crippen molar-refractivity contribution in [2.45, 2.75) is 11.0 Å². The van der Waals surface area contributed by atoms with Crippen LogP contribution in [0.1, 0.15) is 10.4 Å². The van der Waals surface area contributed by atoms with Gasteiger partial charge in [0.1, 0.15) is 5.75 Å². The SMILES string of the molecule is CSc1nc2ccc(NC(=O)c3ccccc3OC(F)F)cc2s1. The average Bonchev–Trinajstić information content (AvgIpc) is 2.97. The summed E-state index contributed by atoms with van der Waals surface area (Å²) in [7, 11) is 0. The molecule has 24 heavy (non-hydrogen) atoms. The second-order valence-corrected chi connectivity index (χ2v) is 6.78. The van der Waals surface area contributed by atoms with Crippen molar-refractivity contribution < 1.29 is 18.3 Å². The van der Waals surface area contributed by atoms with Crippen molar-refractivity contribution >= 4 is 44.9 Å². The fourth-order valence-electron chi connectivity index (χ4n) is 2.12. The fraction of sp³-hybridized carbons (Fsp3) is 0.125. The second-order valence-electron chi connectivity index (χ2n) is 4.70. The summed E-state index contributed by atoms with van der Waals surface area (Å²) in [4.78, 5) is 16.8. The number of amides is 1. The van der Waals surface area contributed by atoms with E-state index in [2.05, 4.69) is 15.0 Å². The average molecular weight is 366 g/mol. The van der Waals surface area contributed by atoms with Crippen molar-refractivity contribution in [3.63, 3.8) is 0 Å². The first-order chi connectivity index (χ1) is 11.6. The van der Waals surface area contributed by atoms with E-state index in [0.717, 1.165) is 14.6 Å². The number of para-hydroxylation sites is 1. The first-order valence-electron chi connectivity index (χ1n) is 6.86. The molecule has 0 radical (unpaired) electrons. The number of alkyl halides is 2. The summed E-state index contributed by atoms with van der Waals surface area (Å²) in [5.41, 5.74) is 1.46. The normalized spacial score (nSPS) is 11.0. The number of fused-ring (bicyclic) bond motifs is 1. The smallest absolute Gasteiger partial charge is 0.387 e. The number of nitrogens with zero attached hydrogens (tertiary/aromatic N) is 1. The maximum absolute atomic E-state index is 12.4. The van der Waals surface area contributed by atoms with Gasteiger partial charge in [-0.25, -0.2) is 4.98 Å². The van der Waals surface area contributed by atoms with Gasteiger partial charge >= 0.3 is 6.61 Å². The molecule has 0 unspecified atom stereocenters. The summed E-state index contributed by atoms with van der Waals surface area (Å²) in [5, 5.41) is 2.70. The van der Waals surface area contributed by atoms with Gasteiger partial charge in [0, 0.05) is 5.69 Å². The fourth-order valence-corrected chi connectivity index (χ4v) is 3.65. The Balaban J connectivity index is 1.84. The van der Waals surface area contributed by atoms with Crippen molar-refractivity contribution in [1.29, 1.82) is 0 Å². The summed E-state index contributed by atoms with van der Waals surface area (Å²) in [6.45, 7) is -2.99. The highest BCUT2D eigenvalue weighted by Crippen LogP contribution is 2.30. The molecule has 1 N–H and O–H groups in total. The van der Waals surface area contributed by atoms with Crippen LogP contribution in [0.15, 0.2) is 46.8 Å². The number of hydrogen-bond acceptors (Lipinski definition) is 5. The van der Waals surface area contributed by atoms with Crippen molar-refractivity contribution in [2.75, 3.05) is 11.6 Å². The molecule has 124 valence electrons. The van der Waals surface area contributed by atoms with Crippen LogP contribution in [0, 0.1) is 0 Å². The predicted octanol–water partition coefficient (Wildman–Crippen LogP) is 4.87. The number of thiazole rings is 1. The zero-order chi connectivity index (χ0) is 17.1. The Kier molecular flexibility index (Phi) is 4.96. The van der Waals surface area contributed by atoms with Crippen LogP contribution in [-0.2, 0) is 0 Å². The Morgan fingerprint density at radius 3 is 2.83 bits per heavy atom. The molecule has 0 aliphatic rings. The Morgan fingerprint density at radius 1 is 1.29 bits per heavy atom. The number of hydrogen-bond donors (Lipinski definition) is 1. The molecule has 0 aliphatic heterocycles. The van der Waals surface area contributed by atoms with Crippen LogP contribution in [-0.4, -0.2) is 23.8 Å². The quantitative estimate of drug-likeness (QED) is 0.655. The van der Waals surface area contributed by atoms with Crippen molar-refractivity contribution in [1.82, 2.24) is 4.98 Å². The highest BCUT2D eigenvalue weighted by atomic mass is 32.2. The molecule has 0 aliphatic carbocycles. The number of carbonyl (C=O) groups is 1. The maximum Gasteiger partial charge on any atom is 0.387 e. The summed E-state index contributed by atoms with van der Waals surface area (Å²) in [5.74, 6) is -0.672. The lowest BCUT2D eigenvalue weighted by molar-refractivity contribution is -0.0501. The van der Waals surface area contributed by atoms with Crippen molar-refractivity contribution in [2.24, 2.45) is 0 Å². The molecule has 0 atom stereocenters. The molecular weight excluding hydrogens is 354 g/mol. The Labute approximate surface area is 144 Å². The summed E-state index contributed by atoms with van der Waals surface area (Å²) in [6.07, 6.45) is 1.94. The minimum atomic E-state index is -2.99. The first-order valence-corrected chi connectivity index (χ1v) is 8.90. The van der Waals surface area contributed by atoms with Gasteiger partial charge in [0.25, 0.3) is 5.91 Å². The van der Waals surface area contributed by atoms with Crippen molar-refractivity contribution in [3.05, 3.63) is 48.0 Å². The lowest BCUT2D eigenvalue weighted by Crippen LogP contribution is -2.14. The van der Waals surface area contributed by atoms with Crippen LogP contribution in [0.2, 0.25) is 0 Å². The molecule has 2 aromatic carbocycles. The van der Waals surface area contributed by atoms with Gasteiger partial charge in [-0.05, 0) is 36.6 Å². The first kappa shape index (κ1) is 16.7. The predicted molar refractivity (Wildman–Crippen MR) is 92.4 cm³/mol. The molecule has 3 rings (SSSR count). The number of nitrogens with one attached hydrogen (secondary N) is 1. The van der Waals surface area contributed by atoms with Gasteiger partial charge in [0.05, 0.1) is 15.8 Å². The Hall–Kier alpha value is -2.19. The lowest BCUT2D eigenvalue weighted by Gasteiger charge is -2.10. The van der Waals surface area contributed by atoms with Gasteiger partial charge in [0.15, 0.2) is 4.34 Å². The maximum atomic E-state index is 12.4. The molecule has 1 heterocycles. The van der Waals surface area contributed by atoms with Gasteiger partial charge in [0.2, 0.25) is 0 Å². The molecule has 0 fully saturated rings. The van der Waals surface area contributed by atoms with Gasteiger partial charge in [-0.2, -0.15) is 8.78 Å². The van der Waals surface area contributed by atoms with E-state index in [1.165, 1.54) is 29.5 Å². The van der Waals surface area contributed by atoms with E-state index in [9.17, 15) is 13.6 Å². The van der Waals surface area contributed by atoms with Gasteiger partial charge in [-0.1, -0.05) is 23.9 Å². The number of benzene rings is 2. The number of anilines is 1. The van der Waals surface area contributed by atoms with Gasteiger partial charge < -0.3 is 10.1 Å². The number of ether oxygens (including phenoxy) is 1. The number of carbonyl (C=O) groups excluding carboxylic acids is 1. The third-order valence-electron chi connectivity index (χ3n) is 3.15. The van der Waals surface area contributed by atoms with E-state index in [-0.39, 0.29) is 11.3 Å². The third kappa shape index (κ3) is 3.65. The second kappa shape index (κ2) is 7.14. The zero-order valence-electron chi connectivity index (χ0n) is 12.5.